The molecule has 0 aliphatic carbocycles. The highest BCUT2D eigenvalue weighted by Crippen LogP contribution is 2.35. The van der Waals surface area contributed by atoms with Crippen LogP contribution in [0.2, 0.25) is 0 Å². The Morgan fingerprint density at radius 2 is 1.90 bits per heavy atom. The lowest BCUT2D eigenvalue weighted by Crippen LogP contribution is -2.27. The van der Waals surface area contributed by atoms with Gasteiger partial charge in [0.05, 0.1) is 14.2 Å². The molecule has 0 N–H and O–H groups in total. The predicted octanol–water partition coefficient (Wildman–Crippen LogP) is 3.76. The summed E-state index contributed by atoms with van der Waals surface area (Å²) in [6.45, 7) is 0.154. The average molecular weight is 397 g/mol. The number of ether oxygens (including phenoxy) is 2. The summed E-state index contributed by atoms with van der Waals surface area (Å²) in [4.78, 5) is 18.5. The minimum Gasteiger partial charge on any atom is -0.497 e. The van der Waals surface area contributed by atoms with E-state index in [0.717, 1.165) is 0 Å². The molecule has 0 bridgehead atoms. The number of nitrogens with zero attached hydrogens (tertiary/aromatic N) is 3. The molecular weight excluding hydrogens is 377 g/mol. The maximum atomic E-state index is 14.1. The van der Waals surface area contributed by atoms with Gasteiger partial charge in [-0.1, -0.05) is 23.4 Å². The Morgan fingerprint density at radius 3 is 2.59 bits per heavy atom. The van der Waals surface area contributed by atoms with E-state index in [4.69, 9.17) is 14.0 Å². The summed E-state index contributed by atoms with van der Waals surface area (Å²) in [5.74, 6) is 1.47. The monoisotopic (exact) mass is 397 g/mol. The van der Waals surface area contributed by atoms with Gasteiger partial charge in [-0.3, -0.25) is 4.79 Å². The van der Waals surface area contributed by atoms with Crippen molar-refractivity contribution in [2.24, 2.45) is 0 Å². The van der Waals surface area contributed by atoms with E-state index in [1.54, 1.807) is 55.5 Å². The normalized spacial score (nSPS) is 16.3. The number of carbonyl (C=O) groups is 1. The molecule has 1 saturated heterocycles. The lowest BCUT2D eigenvalue weighted by molar-refractivity contribution is -0.130. The number of amides is 1. The second-order valence-corrected chi connectivity index (χ2v) is 6.73. The zero-order chi connectivity index (χ0) is 20.4. The second kappa shape index (κ2) is 7.90. The average Bonchev–Trinajstić information content (AvgIpc) is 3.36. The van der Waals surface area contributed by atoms with Gasteiger partial charge in [0.2, 0.25) is 17.6 Å². The summed E-state index contributed by atoms with van der Waals surface area (Å²) in [6, 6.07) is 11.3. The molecule has 8 heteroatoms. The van der Waals surface area contributed by atoms with Crippen LogP contribution in [0, 0.1) is 5.82 Å². The van der Waals surface area contributed by atoms with Crippen molar-refractivity contribution in [2.75, 3.05) is 14.2 Å². The first kappa shape index (κ1) is 18.9. The second-order valence-electron chi connectivity index (χ2n) is 6.73. The van der Waals surface area contributed by atoms with Gasteiger partial charge in [0.1, 0.15) is 23.4 Å². The number of carbonyl (C=O) groups excluding carboxylic acids is 1. The van der Waals surface area contributed by atoms with Crippen molar-refractivity contribution >= 4 is 5.91 Å². The zero-order valence-corrected chi connectivity index (χ0v) is 16.1. The number of halogens is 1. The van der Waals surface area contributed by atoms with Crippen molar-refractivity contribution in [1.82, 2.24) is 15.0 Å². The molecule has 29 heavy (non-hydrogen) atoms. The third-order valence-corrected chi connectivity index (χ3v) is 4.96. The number of benzene rings is 2. The Bertz CT molecular complexity index is 1010. The van der Waals surface area contributed by atoms with Crippen molar-refractivity contribution in [3.63, 3.8) is 0 Å². The summed E-state index contributed by atoms with van der Waals surface area (Å²) >= 11 is 0. The molecule has 1 unspecified atom stereocenters. The van der Waals surface area contributed by atoms with E-state index in [2.05, 4.69) is 10.1 Å². The predicted molar refractivity (Wildman–Crippen MR) is 102 cm³/mol. The van der Waals surface area contributed by atoms with Crippen molar-refractivity contribution in [3.8, 4) is 22.9 Å². The Balaban J connectivity index is 1.61. The smallest absolute Gasteiger partial charge is 0.249 e. The third kappa shape index (κ3) is 3.78. The van der Waals surface area contributed by atoms with Gasteiger partial charge in [-0.2, -0.15) is 4.98 Å². The first-order valence-corrected chi connectivity index (χ1v) is 9.19. The lowest BCUT2D eigenvalue weighted by Gasteiger charge is -2.22. The van der Waals surface area contributed by atoms with E-state index < -0.39 is 6.04 Å². The molecule has 150 valence electrons. The first-order chi connectivity index (χ1) is 14.1. The Labute approximate surface area is 167 Å². The molecule has 1 atom stereocenters. The summed E-state index contributed by atoms with van der Waals surface area (Å²) in [7, 11) is 3.12. The molecule has 2 heterocycles. The van der Waals surface area contributed by atoms with Crippen molar-refractivity contribution in [1.29, 1.82) is 0 Å². The van der Waals surface area contributed by atoms with Crippen LogP contribution in [0.1, 0.15) is 30.3 Å². The fourth-order valence-electron chi connectivity index (χ4n) is 3.42. The van der Waals surface area contributed by atoms with E-state index in [1.165, 1.54) is 6.07 Å². The van der Waals surface area contributed by atoms with Crippen LogP contribution < -0.4 is 9.47 Å². The van der Waals surface area contributed by atoms with Gasteiger partial charge in [-0.05, 0) is 24.6 Å². The maximum absolute atomic E-state index is 14.1. The van der Waals surface area contributed by atoms with Crippen LogP contribution in [0.4, 0.5) is 4.39 Å². The molecule has 1 aromatic heterocycles. The quantitative estimate of drug-likeness (QED) is 0.630. The third-order valence-electron chi connectivity index (χ3n) is 4.96. The van der Waals surface area contributed by atoms with Crippen molar-refractivity contribution in [2.45, 2.75) is 25.4 Å². The van der Waals surface area contributed by atoms with Gasteiger partial charge >= 0.3 is 0 Å². The molecule has 0 spiro atoms. The highest BCUT2D eigenvalue weighted by molar-refractivity contribution is 5.79. The van der Waals surface area contributed by atoms with Crippen molar-refractivity contribution in [3.05, 3.63) is 59.7 Å². The standard InChI is InChI=1S/C21H20FN3O4/c1-27-15-9-14(10-16(11-15)28-2)20-23-21(29-24-20)18-7-8-19(26)25(18)12-13-5-3-4-6-17(13)22/h3-6,9-11,18H,7-8,12H2,1-2H3. The van der Waals surface area contributed by atoms with Gasteiger partial charge < -0.3 is 18.9 Å². The van der Waals surface area contributed by atoms with Crippen LogP contribution in [-0.2, 0) is 11.3 Å². The number of rotatable bonds is 6. The van der Waals surface area contributed by atoms with E-state index in [9.17, 15) is 9.18 Å². The van der Waals surface area contributed by atoms with Crippen LogP contribution in [0.5, 0.6) is 11.5 Å². The first-order valence-electron chi connectivity index (χ1n) is 9.19. The van der Waals surface area contributed by atoms with E-state index in [-0.39, 0.29) is 18.3 Å². The summed E-state index contributed by atoms with van der Waals surface area (Å²) in [6.07, 6.45) is 0.889. The minimum atomic E-state index is -0.393. The Kier molecular flexibility index (Phi) is 5.16. The highest BCUT2D eigenvalue weighted by Gasteiger charge is 2.36. The number of methoxy groups -OCH3 is 2. The number of hydrogen-bond donors (Lipinski definition) is 0. The van der Waals surface area contributed by atoms with Gasteiger partial charge in [0, 0.05) is 30.2 Å². The number of aromatic nitrogens is 2. The molecule has 0 radical (unpaired) electrons. The van der Waals surface area contributed by atoms with E-state index in [0.29, 0.717) is 47.2 Å². The highest BCUT2D eigenvalue weighted by atomic mass is 19.1. The largest absolute Gasteiger partial charge is 0.497 e. The molecule has 2 aromatic carbocycles. The fraction of sp³-hybridized carbons (Fsp3) is 0.286. The van der Waals surface area contributed by atoms with Gasteiger partial charge in [0.15, 0.2) is 0 Å². The summed E-state index contributed by atoms with van der Waals surface area (Å²) < 4.78 is 30.1. The molecule has 4 rings (SSSR count). The van der Waals surface area contributed by atoms with Gasteiger partial charge in [0.25, 0.3) is 0 Å². The maximum Gasteiger partial charge on any atom is 0.249 e. The lowest BCUT2D eigenvalue weighted by atomic mass is 10.1. The molecular formula is C21H20FN3O4. The number of likely N-dealkylation sites (tertiary alicyclic amines) is 1. The molecule has 1 fully saturated rings. The molecule has 3 aromatic rings. The van der Waals surface area contributed by atoms with Crippen molar-refractivity contribution < 1.29 is 23.2 Å². The SMILES string of the molecule is COc1cc(OC)cc(-c2noc(C3CCC(=O)N3Cc3ccccc3F)n2)c1. The molecule has 7 nitrogen and oxygen atoms in total. The zero-order valence-electron chi connectivity index (χ0n) is 16.1. The van der Waals surface area contributed by atoms with Crippen LogP contribution in [0.3, 0.4) is 0 Å². The molecule has 1 aliphatic rings. The Hall–Kier alpha value is -3.42. The van der Waals surface area contributed by atoms with Gasteiger partial charge in [-0.15, -0.1) is 0 Å². The molecule has 1 aliphatic heterocycles. The van der Waals surface area contributed by atoms with E-state index in [1.807, 2.05) is 0 Å². The minimum absolute atomic E-state index is 0.0685. The van der Waals surface area contributed by atoms with Gasteiger partial charge in [-0.25, -0.2) is 4.39 Å². The van der Waals surface area contributed by atoms with Crippen LogP contribution in [0.15, 0.2) is 47.0 Å². The van der Waals surface area contributed by atoms with Crippen LogP contribution >= 0.6 is 0 Å². The molecule has 1 amide bonds. The van der Waals surface area contributed by atoms with Crippen LogP contribution in [-0.4, -0.2) is 35.2 Å². The summed E-state index contributed by atoms with van der Waals surface area (Å²) in [5, 5.41) is 4.06. The Morgan fingerprint density at radius 1 is 1.17 bits per heavy atom. The fourth-order valence-corrected chi connectivity index (χ4v) is 3.42. The van der Waals surface area contributed by atoms with E-state index >= 15 is 0 Å². The topological polar surface area (TPSA) is 77.7 Å². The van der Waals surface area contributed by atoms with Crippen LogP contribution in [0.25, 0.3) is 11.4 Å². The number of hydrogen-bond acceptors (Lipinski definition) is 6. The molecule has 0 saturated carbocycles. The summed E-state index contributed by atoms with van der Waals surface area (Å²) in [5.41, 5.74) is 1.12.